The Kier molecular flexibility index (Phi) is 4.70. The lowest BCUT2D eigenvalue weighted by atomic mass is 10.1. The Morgan fingerprint density at radius 3 is 2.15 bits per heavy atom. The molecule has 136 valence electrons. The molecule has 0 fully saturated rings. The van der Waals surface area contributed by atoms with E-state index in [4.69, 9.17) is 10.6 Å². The van der Waals surface area contributed by atoms with Crippen molar-refractivity contribution in [1.82, 2.24) is 0 Å². The summed E-state index contributed by atoms with van der Waals surface area (Å²) in [5.74, 6) is 0.751. The maximum absolute atomic E-state index is 12.1. The number of carbonyl (C=O) groups is 1. The third kappa shape index (κ3) is 3.74. The highest BCUT2D eigenvalue weighted by Gasteiger charge is 2.29. The first-order chi connectivity index (χ1) is 13.1. The van der Waals surface area contributed by atoms with Crippen molar-refractivity contribution in [2.24, 2.45) is 5.73 Å². The average molecular weight is 425 g/mol. The summed E-state index contributed by atoms with van der Waals surface area (Å²) in [7, 11) is 0. The quantitative estimate of drug-likeness (QED) is 0.560. The number of para-hydroxylation sites is 1. The maximum atomic E-state index is 12.1. The number of hydrogen-bond acceptors (Lipinski definition) is 4. The molecule has 0 radical (unpaired) electrons. The van der Waals surface area contributed by atoms with Gasteiger partial charge in [-0.1, -0.05) is 34.1 Å². The normalized spacial score (nSPS) is 15.0. The third-order valence-corrected chi connectivity index (χ3v) is 4.70. The summed E-state index contributed by atoms with van der Waals surface area (Å²) in [5, 5.41) is 7.23. The summed E-state index contributed by atoms with van der Waals surface area (Å²) in [5.41, 5.74) is 9.37. The molecule has 7 heteroatoms. The molecular formula is C20H17BrN4O2. The van der Waals surface area contributed by atoms with Crippen molar-refractivity contribution in [2.75, 3.05) is 15.7 Å². The van der Waals surface area contributed by atoms with Crippen LogP contribution in [0.5, 0.6) is 5.75 Å². The number of urea groups is 1. The van der Waals surface area contributed by atoms with E-state index in [1.807, 2.05) is 60.7 Å². The zero-order chi connectivity index (χ0) is 18.8. The summed E-state index contributed by atoms with van der Waals surface area (Å²) >= 11 is 3.36. The minimum absolute atomic E-state index is 0.313. The number of nitrogens with zero attached hydrogens (tertiary/aromatic N) is 1. The molecule has 4 rings (SSSR count). The van der Waals surface area contributed by atoms with Crippen LogP contribution in [0.25, 0.3) is 0 Å². The summed E-state index contributed by atoms with van der Waals surface area (Å²) in [6.45, 7) is 0. The number of fused-ring (bicyclic) bond motifs is 1. The van der Waals surface area contributed by atoms with Gasteiger partial charge in [0.15, 0.2) is 5.75 Å². The molecule has 0 spiro atoms. The summed E-state index contributed by atoms with van der Waals surface area (Å²) in [6.07, 6.45) is -0.374. The number of halogens is 1. The van der Waals surface area contributed by atoms with Gasteiger partial charge in [0.1, 0.15) is 6.17 Å². The molecule has 1 heterocycles. The van der Waals surface area contributed by atoms with E-state index in [2.05, 4.69) is 26.6 Å². The molecule has 0 bridgehead atoms. The molecule has 1 aliphatic heterocycles. The molecule has 1 unspecified atom stereocenters. The van der Waals surface area contributed by atoms with Gasteiger partial charge in [0.2, 0.25) is 0 Å². The van der Waals surface area contributed by atoms with E-state index in [0.29, 0.717) is 11.4 Å². The second-order valence-corrected chi connectivity index (χ2v) is 6.95. The van der Waals surface area contributed by atoms with Gasteiger partial charge in [-0.3, -0.25) is 0 Å². The van der Waals surface area contributed by atoms with Crippen LogP contribution in [-0.4, -0.2) is 6.03 Å². The number of anilines is 3. The van der Waals surface area contributed by atoms with Gasteiger partial charge in [0, 0.05) is 21.4 Å². The lowest BCUT2D eigenvalue weighted by molar-refractivity contribution is 0.262. The van der Waals surface area contributed by atoms with Gasteiger partial charge in [-0.05, 0) is 54.6 Å². The molecule has 0 saturated heterocycles. The average Bonchev–Trinajstić information content (AvgIpc) is 3.01. The molecule has 0 saturated carbocycles. The molecular weight excluding hydrogens is 408 g/mol. The Bertz CT molecular complexity index is 960. The predicted molar refractivity (Wildman–Crippen MR) is 110 cm³/mol. The Labute approximate surface area is 165 Å². The van der Waals surface area contributed by atoms with E-state index in [9.17, 15) is 4.79 Å². The first-order valence-corrected chi connectivity index (χ1v) is 9.15. The van der Waals surface area contributed by atoms with Gasteiger partial charge < -0.3 is 21.2 Å². The number of nitrogens with two attached hydrogens (primary N) is 1. The molecule has 4 N–H and O–H groups in total. The van der Waals surface area contributed by atoms with Crippen LogP contribution >= 0.6 is 15.9 Å². The zero-order valence-electron chi connectivity index (χ0n) is 14.2. The largest absolute Gasteiger partial charge is 0.377 e. The monoisotopic (exact) mass is 424 g/mol. The van der Waals surface area contributed by atoms with E-state index in [0.717, 1.165) is 21.5 Å². The van der Waals surface area contributed by atoms with Crippen molar-refractivity contribution >= 4 is 39.0 Å². The van der Waals surface area contributed by atoms with E-state index in [-0.39, 0.29) is 12.2 Å². The number of carbonyl (C=O) groups excluding carboxylic acids is 1. The van der Waals surface area contributed by atoms with E-state index in [1.54, 1.807) is 17.2 Å². The molecule has 0 aromatic heterocycles. The van der Waals surface area contributed by atoms with E-state index >= 15 is 0 Å². The number of hydrogen-bond donors (Lipinski definition) is 3. The number of nitrogens with one attached hydrogen (secondary N) is 2. The summed E-state index contributed by atoms with van der Waals surface area (Å²) in [6, 6.07) is 22.0. The minimum atomic E-state index is -0.374. The van der Waals surface area contributed by atoms with Crippen molar-refractivity contribution in [2.45, 2.75) is 6.17 Å². The molecule has 3 aromatic carbocycles. The minimum Gasteiger partial charge on any atom is -0.377 e. The number of benzene rings is 3. The molecule has 27 heavy (non-hydrogen) atoms. The molecule has 1 atom stereocenters. The number of rotatable bonds is 3. The van der Waals surface area contributed by atoms with Crippen molar-refractivity contribution in [1.29, 1.82) is 0 Å². The Morgan fingerprint density at radius 2 is 1.52 bits per heavy atom. The van der Waals surface area contributed by atoms with Gasteiger partial charge in [0.25, 0.3) is 0 Å². The number of amides is 2. The Morgan fingerprint density at radius 1 is 0.926 bits per heavy atom. The fourth-order valence-electron chi connectivity index (χ4n) is 2.83. The Hall–Kier alpha value is -3.03. The van der Waals surface area contributed by atoms with Crippen molar-refractivity contribution in [3.8, 4) is 5.75 Å². The zero-order valence-corrected chi connectivity index (χ0v) is 15.8. The van der Waals surface area contributed by atoms with Gasteiger partial charge in [-0.15, -0.1) is 0 Å². The fourth-order valence-corrected chi connectivity index (χ4v) is 3.09. The van der Waals surface area contributed by atoms with Crippen molar-refractivity contribution in [3.63, 3.8) is 0 Å². The fraction of sp³-hybridized carbons (Fsp3) is 0.0500. The van der Waals surface area contributed by atoms with Gasteiger partial charge in [-0.2, -0.15) is 5.06 Å². The summed E-state index contributed by atoms with van der Waals surface area (Å²) in [4.78, 5) is 17.9. The van der Waals surface area contributed by atoms with Gasteiger partial charge in [-0.25, -0.2) is 4.79 Å². The first-order valence-electron chi connectivity index (χ1n) is 8.35. The highest BCUT2D eigenvalue weighted by atomic mass is 79.9. The highest BCUT2D eigenvalue weighted by molar-refractivity contribution is 9.10. The second-order valence-electron chi connectivity index (χ2n) is 6.03. The molecule has 0 aliphatic carbocycles. The lowest BCUT2D eigenvalue weighted by Crippen LogP contribution is -2.31. The SMILES string of the molecule is NC1c2ccccc2ON1c1ccc(NC(=O)Nc2ccc(Br)cc2)cc1. The van der Waals surface area contributed by atoms with Crippen molar-refractivity contribution < 1.29 is 9.63 Å². The molecule has 3 aromatic rings. The third-order valence-electron chi connectivity index (χ3n) is 4.17. The van der Waals surface area contributed by atoms with Crippen LogP contribution in [0.2, 0.25) is 0 Å². The van der Waals surface area contributed by atoms with Gasteiger partial charge >= 0.3 is 6.03 Å². The topological polar surface area (TPSA) is 79.6 Å². The summed E-state index contributed by atoms with van der Waals surface area (Å²) < 4.78 is 0.952. The molecule has 1 aliphatic rings. The van der Waals surface area contributed by atoms with Crippen LogP contribution in [0.15, 0.2) is 77.3 Å². The van der Waals surface area contributed by atoms with Crippen LogP contribution in [0, 0.1) is 0 Å². The number of hydroxylamine groups is 1. The lowest BCUT2D eigenvalue weighted by Gasteiger charge is -2.21. The maximum Gasteiger partial charge on any atom is 0.323 e. The predicted octanol–water partition coefficient (Wildman–Crippen LogP) is 4.86. The van der Waals surface area contributed by atoms with Crippen LogP contribution < -0.4 is 26.3 Å². The van der Waals surface area contributed by atoms with Crippen molar-refractivity contribution in [3.05, 3.63) is 82.8 Å². The van der Waals surface area contributed by atoms with E-state index in [1.165, 1.54) is 0 Å². The van der Waals surface area contributed by atoms with Gasteiger partial charge in [0.05, 0.1) is 5.69 Å². The second kappa shape index (κ2) is 7.30. The molecule has 2 amide bonds. The highest BCUT2D eigenvalue weighted by Crippen LogP contribution is 2.37. The van der Waals surface area contributed by atoms with Crippen LogP contribution in [0.3, 0.4) is 0 Å². The van der Waals surface area contributed by atoms with Crippen LogP contribution in [0.4, 0.5) is 21.9 Å². The molecule has 6 nitrogen and oxygen atoms in total. The Balaban J connectivity index is 1.41. The van der Waals surface area contributed by atoms with Crippen LogP contribution in [-0.2, 0) is 0 Å². The van der Waals surface area contributed by atoms with E-state index < -0.39 is 0 Å². The van der Waals surface area contributed by atoms with Crippen LogP contribution in [0.1, 0.15) is 11.7 Å². The standard InChI is InChI=1S/C20H17BrN4O2/c21-13-5-7-14(8-6-13)23-20(26)24-15-9-11-16(12-10-15)25-19(22)17-3-1-2-4-18(17)27-25/h1-12,19H,22H2,(H2,23,24,26). The smallest absolute Gasteiger partial charge is 0.323 e. The first kappa shape index (κ1) is 17.4.